The molecule has 0 saturated heterocycles. The number of hydrogen-bond acceptors (Lipinski definition) is 3. The quantitative estimate of drug-likeness (QED) is 0.856. The van der Waals surface area contributed by atoms with E-state index in [4.69, 9.17) is 16.0 Å². The Labute approximate surface area is 111 Å². The van der Waals surface area contributed by atoms with E-state index >= 15 is 0 Å². The van der Waals surface area contributed by atoms with Crippen molar-refractivity contribution in [3.05, 3.63) is 32.4 Å². The van der Waals surface area contributed by atoms with Gasteiger partial charge in [-0.3, -0.25) is 0 Å². The van der Waals surface area contributed by atoms with Crippen molar-refractivity contribution < 1.29 is 14.3 Å². The summed E-state index contributed by atoms with van der Waals surface area (Å²) in [5.74, 6) is -1.15. The van der Waals surface area contributed by atoms with Crippen LogP contribution < -0.4 is 5.11 Å². The first kappa shape index (κ1) is 12.5. The van der Waals surface area contributed by atoms with E-state index in [9.17, 15) is 9.90 Å². The van der Waals surface area contributed by atoms with Crippen LogP contribution >= 0.6 is 27.5 Å². The van der Waals surface area contributed by atoms with Crippen LogP contribution in [0.15, 0.2) is 15.2 Å². The van der Waals surface area contributed by atoms with Crippen molar-refractivity contribution in [1.29, 1.82) is 0 Å². The highest BCUT2D eigenvalue weighted by Crippen LogP contribution is 2.37. The van der Waals surface area contributed by atoms with Gasteiger partial charge in [0.2, 0.25) is 0 Å². The van der Waals surface area contributed by atoms with E-state index in [1.807, 2.05) is 13.8 Å². The number of carbonyl (C=O) groups is 1. The molecule has 0 spiro atoms. The molecule has 0 aliphatic carbocycles. The number of carbonyl (C=O) groups excluding carboxylic acids is 1. The number of halogens is 2. The van der Waals surface area contributed by atoms with Crippen LogP contribution in [0.2, 0.25) is 5.02 Å². The molecule has 3 nitrogen and oxygen atoms in total. The van der Waals surface area contributed by atoms with Crippen LogP contribution in [-0.4, -0.2) is 5.97 Å². The number of rotatable bonds is 2. The highest BCUT2D eigenvalue weighted by atomic mass is 79.9. The molecule has 0 aliphatic rings. The molecule has 0 saturated carbocycles. The fourth-order valence-corrected chi connectivity index (χ4v) is 2.60. The monoisotopic (exact) mass is 315 g/mol. The van der Waals surface area contributed by atoms with Crippen LogP contribution in [0, 0.1) is 13.8 Å². The summed E-state index contributed by atoms with van der Waals surface area (Å²) in [4.78, 5) is 10.7. The second kappa shape index (κ2) is 4.35. The van der Waals surface area contributed by atoms with Crippen molar-refractivity contribution in [3.63, 3.8) is 0 Å². The summed E-state index contributed by atoms with van der Waals surface area (Å²) in [6.45, 7) is 3.72. The van der Waals surface area contributed by atoms with Gasteiger partial charge in [-0.15, -0.1) is 0 Å². The van der Waals surface area contributed by atoms with Crippen molar-refractivity contribution in [2.45, 2.75) is 20.3 Å². The Morgan fingerprint density at radius 1 is 1.53 bits per heavy atom. The minimum atomic E-state index is -1.15. The van der Waals surface area contributed by atoms with Crippen LogP contribution in [0.3, 0.4) is 0 Å². The summed E-state index contributed by atoms with van der Waals surface area (Å²) in [5.41, 5.74) is 2.93. The molecule has 0 atom stereocenters. The fourth-order valence-electron chi connectivity index (χ4n) is 1.94. The Hall–Kier alpha value is -1.00. The zero-order valence-electron chi connectivity index (χ0n) is 9.27. The molecule has 0 amide bonds. The van der Waals surface area contributed by atoms with E-state index in [0.29, 0.717) is 20.8 Å². The molecule has 1 aromatic carbocycles. The van der Waals surface area contributed by atoms with Gasteiger partial charge >= 0.3 is 0 Å². The van der Waals surface area contributed by atoms with E-state index in [0.717, 1.165) is 16.5 Å². The molecular weight excluding hydrogens is 307 g/mol. The normalized spacial score (nSPS) is 11.1. The summed E-state index contributed by atoms with van der Waals surface area (Å²) in [6, 6.07) is 1.80. The Balaban J connectivity index is 2.80. The van der Waals surface area contributed by atoms with E-state index in [1.54, 1.807) is 6.07 Å². The Morgan fingerprint density at radius 3 is 2.76 bits per heavy atom. The molecule has 2 aromatic rings. The molecule has 5 heteroatoms. The minimum Gasteiger partial charge on any atom is -0.550 e. The van der Waals surface area contributed by atoms with Gasteiger partial charge in [0.1, 0.15) is 5.58 Å². The van der Waals surface area contributed by atoms with Crippen molar-refractivity contribution >= 4 is 44.5 Å². The molecule has 17 heavy (non-hydrogen) atoms. The molecule has 0 bridgehead atoms. The Kier molecular flexibility index (Phi) is 3.19. The van der Waals surface area contributed by atoms with E-state index in [-0.39, 0.29) is 6.42 Å². The van der Waals surface area contributed by atoms with Gasteiger partial charge in [0, 0.05) is 28.4 Å². The lowest BCUT2D eigenvalue weighted by Gasteiger charge is -2.06. The van der Waals surface area contributed by atoms with Crippen LogP contribution in [0.4, 0.5) is 0 Å². The SMILES string of the molecule is Cc1cc2oc(Br)c(CC(=O)[O-])c2c(C)c1Cl. The molecule has 0 N–H and O–H groups in total. The van der Waals surface area contributed by atoms with Crippen LogP contribution in [-0.2, 0) is 11.2 Å². The van der Waals surface area contributed by atoms with E-state index < -0.39 is 5.97 Å². The van der Waals surface area contributed by atoms with Crippen LogP contribution in [0.5, 0.6) is 0 Å². The second-order valence-corrected chi connectivity index (χ2v) is 5.01. The van der Waals surface area contributed by atoms with Gasteiger partial charge in [-0.2, -0.15) is 0 Å². The van der Waals surface area contributed by atoms with Crippen molar-refractivity contribution in [2.75, 3.05) is 0 Å². The number of carboxylic acids is 1. The molecule has 1 aromatic heterocycles. The first-order valence-corrected chi connectivity index (χ1v) is 6.15. The molecule has 90 valence electrons. The highest BCUT2D eigenvalue weighted by molar-refractivity contribution is 9.10. The first-order chi connectivity index (χ1) is 7.91. The van der Waals surface area contributed by atoms with E-state index in [1.165, 1.54) is 0 Å². The Morgan fingerprint density at radius 2 is 2.18 bits per heavy atom. The van der Waals surface area contributed by atoms with Crippen molar-refractivity contribution in [1.82, 2.24) is 0 Å². The average Bonchev–Trinajstić information content (AvgIpc) is 2.51. The van der Waals surface area contributed by atoms with Gasteiger partial charge in [-0.1, -0.05) is 11.6 Å². The molecule has 2 rings (SSSR count). The van der Waals surface area contributed by atoms with Crippen LogP contribution in [0.1, 0.15) is 16.7 Å². The van der Waals surface area contributed by atoms with Crippen molar-refractivity contribution in [2.24, 2.45) is 0 Å². The van der Waals surface area contributed by atoms with Gasteiger partial charge in [0.05, 0.1) is 0 Å². The fraction of sp³-hybridized carbons (Fsp3) is 0.250. The minimum absolute atomic E-state index is 0.201. The smallest absolute Gasteiger partial charge is 0.174 e. The number of aryl methyl sites for hydroxylation is 2. The Bertz CT molecular complexity index is 616. The average molecular weight is 317 g/mol. The third-order valence-electron chi connectivity index (χ3n) is 2.70. The van der Waals surface area contributed by atoms with Gasteiger partial charge in [-0.25, -0.2) is 0 Å². The lowest BCUT2D eigenvalue weighted by molar-refractivity contribution is -0.304. The standard InChI is InChI=1S/C12H10BrClO3/c1-5-3-8-10(6(2)11(5)14)7(4-9(15)16)12(13)17-8/h3H,4H2,1-2H3,(H,15,16)/p-1. The predicted octanol–water partition coefficient (Wildman–Crippen LogP) is 2.76. The largest absolute Gasteiger partial charge is 0.550 e. The second-order valence-electron chi connectivity index (χ2n) is 3.91. The zero-order valence-corrected chi connectivity index (χ0v) is 11.6. The maximum absolute atomic E-state index is 10.7. The molecule has 0 aliphatic heterocycles. The van der Waals surface area contributed by atoms with E-state index in [2.05, 4.69) is 15.9 Å². The molecule has 0 radical (unpaired) electrons. The lowest BCUT2D eigenvalue weighted by Crippen LogP contribution is -2.24. The summed E-state index contributed by atoms with van der Waals surface area (Å²) in [5, 5.41) is 12.1. The number of fused-ring (bicyclic) bond motifs is 1. The lowest BCUT2D eigenvalue weighted by atomic mass is 10.0. The number of benzene rings is 1. The summed E-state index contributed by atoms with van der Waals surface area (Å²) >= 11 is 9.37. The summed E-state index contributed by atoms with van der Waals surface area (Å²) < 4.78 is 5.90. The van der Waals surface area contributed by atoms with Gasteiger partial charge in [-0.05, 0) is 47.0 Å². The molecule has 1 heterocycles. The summed E-state index contributed by atoms with van der Waals surface area (Å²) in [7, 11) is 0. The molecular formula is C12H9BrClO3-. The third kappa shape index (κ3) is 2.07. The predicted molar refractivity (Wildman–Crippen MR) is 67.1 cm³/mol. The summed E-state index contributed by atoms with van der Waals surface area (Å²) in [6.07, 6.45) is -0.201. The highest BCUT2D eigenvalue weighted by Gasteiger charge is 2.17. The van der Waals surface area contributed by atoms with Gasteiger partial charge in [0.25, 0.3) is 0 Å². The van der Waals surface area contributed by atoms with Crippen molar-refractivity contribution in [3.8, 4) is 0 Å². The maximum Gasteiger partial charge on any atom is 0.174 e. The zero-order chi connectivity index (χ0) is 12.7. The number of carboxylic acid groups (broad SMARTS) is 1. The molecule has 0 fully saturated rings. The van der Waals surface area contributed by atoms with Gasteiger partial charge in [0.15, 0.2) is 4.67 Å². The number of furan rings is 1. The topological polar surface area (TPSA) is 53.3 Å². The number of hydrogen-bond donors (Lipinski definition) is 0. The van der Waals surface area contributed by atoms with Gasteiger partial charge < -0.3 is 14.3 Å². The maximum atomic E-state index is 10.7. The third-order valence-corrected chi connectivity index (χ3v) is 3.93. The number of aliphatic carboxylic acids is 1. The van der Waals surface area contributed by atoms with Crippen LogP contribution in [0.25, 0.3) is 11.0 Å². The molecule has 0 unspecified atom stereocenters. The first-order valence-electron chi connectivity index (χ1n) is 4.98.